The average molecular weight is 958 g/mol. The zero-order valence-corrected chi connectivity index (χ0v) is 44.8. The van der Waals surface area contributed by atoms with Gasteiger partial charge in [-0.25, -0.2) is 0 Å². The Labute approximate surface area is 425 Å². The molecule has 1 atom stereocenters. The van der Waals surface area contributed by atoms with Crippen LogP contribution in [-0.2, 0) is 28.6 Å². The standard InChI is InChI=1S/C63H104O6/c1-4-7-10-13-15-17-19-21-23-25-27-29-31-33-35-37-39-41-43-45-47-50-53-56-62(65)68-59-60(58-67-61(64)55-52-49-12-9-6-3)69-63(66)57-54-51-48-46-44-42-40-38-36-34-32-30-28-26-24-22-20-18-16-14-11-8-5-2/h7,10,15,17,20-23,26-29,32-35,39,41,60H,4-6,8-9,11-14,16,18-19,24-25,30-31,36-38,40,42-59H2,1-3H3/b10-7-,17-15-,22-20-,23-21-,28-26-,29-27-,34-32-,35-33-,41-39-. The zero-order chi connectivity index (χ0) is 50.0. The smallest absolute Gasteiger partial charge is 0.306 e. The van der Waals surface area contributed by atoms with E-state index in [1.54, 1.807) is 0 Å². The molecule has 0 aliphatic heterocycles. The lowest BCUT2D eigenvalue weighted by atomic mass is 10.1. The van der Waals surface area contributed by atoms with Crippen molar-refractivity contribution in [1.29, 1.82) is 0 Å². The monoisotopic (exact) mass is 957 g/mol. The first kappa shape index (κ1) is 65.1. The second-order valence-corrected chi connectivity index (χ2v) is 18.5. The van der Waals surface area contributed by atoms with Crippen LogP contribution in [0.15, 0.2) is 109 Å². The molecule has 6 heteroatoms. The predicted molar refractivity (Wildman–Crippen MR) is 297 cm³/mol. The maximum Gasteiger partial charge on any atom is 0.306 e. The number of unbranched alkanes of at least 4 members (excludes halogenated alkanes) is 21. The fourth-order valence-electron chi connectivity index (χ4n) is 7.51. The number of hydrogen-bond donors (Lipinski definition) is 0. The van der Waals surface area contributed by atoms with E-state index in [1.165, 1.54) is 70.6 Å². The Morgan fingerprint density at radius 3 is 0.884 bits per heavy atom. The van der Waals surface area contributed by atoms with Gasteiger partial charge in [-0.3, -0.25) is 14.4 Å². The summed E-state index contributed by atoms with van der Waals surface area (Å²) in [6.45, 7) is 6.40. The first-order chi connectivity index (χ1) is 34.0. The summed E-state index contributed by atoms with van der Waals surface area (Å²) >= 11 is 0. The molecular formula is C63H104O6. The van der Waals surface area contributed by atoms with Gasteiger partial charge in [-0.1, -0.05) is 233 Å². The van der Waals surface area contributed by atoms with Crippen LogP contribution in [0, 0.1) is 0 Å². The summed E-state index contributed by atoms with van der Waals surface area (Å²) in [6, 6.07) is 0. The van der Waals surface area contributed by atoms with Crippen LogP contribution in [-0.4, -0.2) is 37.2 Å². The van der Waals surface area contributed by atoms with Crippen molar-refractivity contribution >= 4 is 17.9 Å². The van der Waals surface area contributed by atoms with Crippen molar-refractivity contribution < 1.29 is 28.6 Å². The molecule has 0 heterocycles. The van der Waals surface area contributed by atoms with E-state index in [0.29, 0.717) is 19.3 Å². The van der Waals surface area contributed by atoms with E-state index in [-0.39, 0.29) is 31.1 Å². The van der Waals surface area contributed by atoms with Crippen LogP contribution in [0.25, 0.3) is 0 Å². The van der Waals surface area contributed by atoms with Crippen LogP contribution in [0.3, 0.4) is 0 Å². The summed E-state index contributed by atoms with van der Waals surface area (Å²) in [5, 5.41) is 0. The Morgan fingerprint density at radius 1 is 0.304 bits per heavy atom. The fraction of sp³-hybridized carbons (Fsp3) is 0.667. The maximum absolute atomic E-state index is 12.8. The molecule has 0 aliphatic carbocycles. The van der Waals surface area contributed by atoms with Gasteiger partial charge in [0.05, 0.1) is 0 Å². The molecule has 1 unspecified atom stereocenters. The Bertz CT molecular complexity index is 1420. The summed E-state index contributed by atoms with van der Waals surface area (Å²) in [5.41, 5.74) is 0. The molecule has 6 nitrogen and oxygen atoms in total. The van der Waals surface area contributed by atoms with Crippen molar-refractivity contribution in [3.63, 3.8) is 0 Å². The van der Waals surface area contributed by atoms with Crippen LogP contribution in [0.5, 0.6) is 0 Å². The lowest BCUT2D eigenvalue weighted by molar-refractivity contribution is -0.167. The second-order valence-electron chi connectivity index (χ2n) is 18.5. The largest absolute Gasteiger partial charge is 0.462 e. The van der Waals surface area contributed by atoms with E-state index < -0.39 is 6.10 Å². The minimum Gasteiger partial charge on any atom is -0.462 e. The molecule has 0 aromatic rings. The molecule has 0 saturated heterocycles. The topological polar surface area (TPSA) is 78.9 Å². The molecule has 0 fully saturated rings. The Balaban J connectivity index is 4.21. The molecule has 0 aliphatic rings. The van der Waals surface area contributed by atoms with Crippen molar-refractivity contribution in [2.45, 2.75) is 258 Å². The molecule has 0 spiro atoms. The Hall–Kier alpha value is -3.93. The van der Waals surface area contributed by atoms with Crippen molar-refractivity contribution in [3.05, 3.63) is 109 Å². The highest BCUT2D eigenvalue weighted by atomic mass is 16.6. The van der Waals surface area contributed by atoms with Crippen molar-refractivity contribution in [1.82, 2.24) is 0 Å². The molecule has 0 aromatic heterocycles. The number of carbonyl (C=O) groups excluding carboxylic acids is 3. The molecule has 0 N–H and O–H groups in total. The summed E-state index contributed by atoms with van der Waals surface area (Å²) in [5.74, 6) is -0.941. The molecule has 0 amide bonds. The van der Waals surface area contributed by atoms with Gasteiger partial charge in [-0.05, 0) is 109 Å². The highest BCUT2D eigenvalue weighted by Crippen LogP contribution is 2.14. The Kier molecular flexibility index (Phi) is 53.4. The fourth-order valence-corrected chi connectivity index (χ4v) is 7.51. The van der Waals surface area contributed by atoms with E-state index in [2.05, 4.69) is 130 Å². The minimum absolute atomic E-state index is 0.0918. The second kappa shape index (κ2) is 56.7. The normalized spacial score (nSPS) is 12.9. The van der Waals surface area contributed by atoms with Gasteiger partial charge in [-0.15, -0.1) is 0 Å². The van der Waals surface area contributed by atoms with Gasteiger partial charge >= 0.3 is 17.9 Å². The van der Waals surface area contributed by atoms with E-state index in [0.717, 1.165) is 141 Å². The van der Waals surface area contributed by atoms with E-state index in [4.69, 9.17) is 14.2 Å². The van der Waals surface area contributed by atoms with Crippen LogP contribution in [0.1, 0.15) is 252 Å². The van der Waals surface area contributed by atoms with Crippen molar-refractivity contribution in [3.8, 4) is 0 Å². The third kappa shape index (κ3) is 54.9. The molecule has 69 heavy (non-hydrogen) atoms. The molecule has 0 radical (unpaired) electrons. The molecule has 0 aromatic carbocycles. The molecule has 0 saturated carbocycles. The van der Waals surface area contributed by atoms with E-state index >= 15 is 0 Å². The van der Waals surface area contributed by atoms with Gasteiger partial charge in [0.1, 0.15) is 13.2 Å². The molecule has 0 bridgehead atoms. The van der Waals surface area contributed by atoms with Gasteiger partial charge in [0.25, 0.3) is 0 Å². The quantitative estimate of drug-likeness (QED) is 0.0262. The van der Waals surface area contributed by atoms with Crippen molar-refractivity contribution in [2.75, 3.05) is 13.2 Å². The highest BCUT2D eigenvalue weighted by molar-refractivity contribution is 5.71. The number of rotatable bonds is 50. The van der Waals surface area contributed by atoms with E-state index in [9.17, 15) is 14.4 Å². The van der Waals surface area contributed by atoms with Gasteiger partial charge in [-0.2, -0.15) is 0 Å². The first-order valence-corrected chi connectivity index (χ1v) is 28.4. The molecular weight excluding hydrogens is 853 g/mol. The number of esters is 3. The first-order valence-electron chi connectivity index (χ1n) is 28.4. The minimum atomic E-state index is -0.792. The zero-order valence-electron chi connectivity index (χ0n) is 44.8. The predicted octanol–water partition coefficient (Wildman–Crippen LogP) is 19.1. The lowest BCUT2D eigenvalue weighted by Gasteiger charge is -2.18. The SMILES string of the molecule is CC/C=C\C/C=C\C/C=C\C/C=C\C/C=C\C/C=C\CCCCCCC(=O)OCC(COC(=O)CCCCCCC)OC(=O)CCCCCCCCCC/C=C\C/C=C\C/C=C\CCCCCCC. The summed E-state index contributed by atoms with van der Waals surface area (Å²) < 4.78 is 16.7. The Morgan fingerprint density at radius 2 is 0.565 bits per heavy atom. The summed E-state index contributed by atoms with van der Waals surface area (Å²) in [7, 11) is 0. The van der Waals surface area contributed by atoms with Crippen LogP contribution >= 0.6 is 0 Å². The van der Waals surface area contributed by atoms with Gasteiger partial charge < -0.3 is 14.2 Å². The summed E-state index contributed by atoms with van der Waals surface area (Å²) in [4.78, 5) is 37.8. The number of allylic oxidation sites excluding steroid dienone is 18. The third-order valence-corrected chi connectivity index (χ3v) is 11.8. The average Bonchev–Trinajstić information content (AvgIpc) is 3.35. The number of ether oxygens (including phenoxy) is 3. The lowest BCUT2D eigenvalue weighted by Crippen LogP contribution is -2.30. The number of carbonyl (C=O) groups is 3. The molecule has 0 rings (SSSR count). The summed E-state index contributed by atoms with van der Waals surface area (Å²) in [6.07, 6.45) is 76.9. The van der Waals surface area contributed by atoms with E-state index in [1.807, 2.05) is 0 Å². The van der Waals surface area contributed by atoms with Gasteiger partial charge in [0.15, 0.2) is 6.10 Å². The third-order valence-electron chi connectivity index (χ3n) is 11.8. The van der Waals surface area contributed by atoms with Gasteiger partial charge in [0.2, 0.25) is 0 Å². The highest BCUT2D eigenvalue weighted by Gasteiger charge is 2.19. The van der Waals surface area contributed by atoms with Crippen molar-refractivity contribution in [2.24, 2.45) is 0 Å². The van der Waals surface area contributed by atoms with Crippen LogP contribution in [0.2, 0.25) is 0 Å². The van der Waals surface area contributed by atoms with Crippen LogP contribution < -0.4 is 0 Å². The van der Waals surface area contributed by atoms with Crippen LogP contribution in [0.4, 0.5) is 0 Å². The molecule has 392 valence electrons. The van der Waals surface area contributed by atoms with Gasteiger partial charge in [0, 0.05) is 19.3 Å². The number of hydrogen-bond acceptors (Lipinski definition) is 6. The maximum atomic E-state index is 12.8.